The molecule has 1 aliphatic rings. The van der Waals surface area contributed by atoms with Crippen molar-refractivity contribution in [1.82, 2.24) is 10.2 Å². The molecule has 2 rings (SSSR count). The number of carbonyl (C=O) groups excluding carboxylic acids is 1. The van der Waals surface area contributed by atoms with Crippen LogP contribution in [0.2, 0.25) is 0 Å². The fourth-order valence-corrected chi connectivity index (χ4v) is 3.20. The Balaban J connectivity index is 2.58. The zero-order valence-corrected chi connectivity index (χ0v) is 13.2. The van der Waals surface area contributed by atoms with Crippen molar-refractivity contribution in [1.29, 1.82) is 0 Å². The summed E-state index contributed by atoms with van der Waals surface area (Å²) in [6.45, 7) is 0. The molecule has 1 heterocycles. The molecule has 106 valence electrons. The average Bonchev–Trinajstić information content (AvgIpc) is 2.40. The van der Waals surface area contributed by atoms with Gasteiger partial charge in [0.05, 0.1) is 4.92 Å². The topological polar surface area (TPSA) is 75.5 Å². The molecule has 1 unspecified atom stereocenters. The predicted octanol–water partition coefficient (Wildman–Crippen LogP) is 2.95. The molecule has 1 aliphatic heterocycles. The third-order valence-electron chi connectivity index (χ3n) is 2.94. The van der Waals surface area contributed by atoms with E-state index in [2.05, 4.69) is 21.2 Å². The van der Waals surface area contributed by atoms with Gasteiger partial charge in [0, 0.05) is 11.5 Å². The van der Waals surface area contributed by atoms with Crippen molar-refractivity contribution < 1.29 is 9.72 Å². The Morgan fingerprint density at radius 3 is 2.75 bits per heavy atom. The van der Waals surface area contributed by atoms with Crippen LogP contribution in [-0.2, 0) is 0 Å². The summed E-state index contributed by atoms with van der Waals surface area (Å²) in [6, 6.07) is 6.00. The Morgan fingerprint density at radius 2 is 2.20 bits per heavy atom. The molecular formula is C12H12BrN3O3S. The highest BCUT2D eigenvalue weighted by atomic mass is 79.9. The quantitative estimate of drug-likeness (QED) is 0.666. The summed E-state index contributed by atoms with van der Waals surface area (Å²) in [5.41, 5.74) is 0.650. The van der Waals surface area contributed by atoms with Gasteiger partial charge in [0.1, 0.15) is 6.04 Å². The molecular weight excluding hydrogens is 346 g/mol. The molecule has 8 heteroatoms. The van der Waals surface area contributed by atoms with Crippen molar-refractivity contribution in [3.8, 4) is 0 Å². The second kappa shape index (κ2) is 5.84. The van der Waals surface area contributed by atoms with E-state index in [-0.39, 0.29) is 11.7 Å². The average molecular weight is 358 g/mol. The minimum absolute atomic E-state index is 0.0160. The Kier molecular flexibility index (Phi) is 4.34. The molecule has 1 atom stereocenters. The first-order valence-corrected chi connectivity index (χ1v) is 7.69. The zero-order valence-electron chi connectivity index (χ0n) is 10.8. The number of benzene rings is 1. The summed E-state index contributed by atoms with van der Waals surface area (Å²) < 4.78 is 0.802. The number of thioether (sulfide) groups is 1. The van der Waals surface area contributed by atoms with E-state index in [4.69, 9.17) is 0 Å². The second-order valence-corrected chi connectivity index (χ2v) is 5.86. The van der Waals surface area contributed by atoms with Crippen LogP contribution in [0.5, 0.6) is 0 Å². The largest absolute Gasteiger partial charge is 0.323 e. The molecule has 0 saturated heterocycles. The summed E-state index contributed by atoms with van der Waals surface area (Å²) in [7, 11) is 1.52. The van der Waals surface area contributed by atoms with Crippen LogP contribution in [0.15, 0.2) is 39.5 Å². The Hall–Kier alpha value is -1.54. The smallest absolute Gasteiger partial charge is 0.321 e. The maximum atomic E-state index is 11.9. The first-order valence-electron chi connectivity index (χ1n) is 5.68. The molecule has 0 saturated carbocycles. The lowest BCUT2D eigenvalue weighted by molar-refractivity contribution is -0.432. The van der Waals surface area contributed by atoms with Crippen LogP contribution in [0.3, 0.4) is 0 Å². The van der Waals surface area contributed by atoms with E-state index in [1.807, 2.05) is 6.07 Å². The van der Waals surface area contributed by atoms with E-state index in [1.165, 1.54) is 23.7 Å². The second-order valence-electron chi connectivity index (χ2n) is 4.15. The maximum Gasteiger partial charge on any atom is 0.323 e. The lowest BCUT2D eigenvalue weighted by atomic mass is 10.0. The van der Waals surface area contributed by atoms with Gasteiger partial charge in [-0.1, -0.05) is 28.1 Å². The standard InChI is InChI=1S/C12H12BrN3O3S/c1-15-11(20-2)10(16(18)19)9(14-12(15)17)7-4-3-5-8(13)6-7/h3-6,9H,1-2H3,(H,14,17). The van der Waals surface area contributed by atoms with Crippen molar-refractivity contribution in [2.75, 3.05) is 13.3 Å². The predicted molar refractivity (Wildman–Crippen MR) is 80.7 cm³/mol. The van der Waals surface area contributed by atoms with Gasteiger partial charge in [-0.3, -0.25) is 15.0 Å². The van der Waals surface area contributed by atoms with Gasteiger partial charge < -0.3 is 5.32 Å². The van der Waals surface area contributed by atoms with Gasteiger partial charge >= 0.3 is 11.7 Å². The van der Waals surface area contributed by atoms with Gasteiger partial charge in [0.2, 0.25) is 0 Å². The van der Waals surface area contributed by atoms with E-state index >= 15 is 0 Å². The highest BCUT2D eigenvalue weighted by Gasteiger charge is 2.39. The van der Waals surface area contributed by atoms with Gasteiger partial charge in [-0.2, -0.15) is 0 Å². The van der Waals surface area contributed by atoms with Crippen LogP contribution >= 0.6 is 27.7 Å². The molecule has 6 nitrogen and oxygen atoms in total. The van der Waals surface area contributed by atoms with Crippen LogP contribution in [0.25, 0.3) is 0 Å². The number of halogens is 1. The molecule has 1 N–H and O–H groups in total. The summed E-state index contributed by atoms with van der Waals surface area (Å²) >= 11 is 4.52. The van der Waals surface area contributed by atoms with Crippen molar-refractivity contribution in [3.05, 3.63) is 55.1 Å². The highest BCUT2D eigenvalue weighted by molar-refractivity contribution is 9.10. The van der Waals surface area contributed by atoms with Crippen molar-refractivity contribution in [3.63, 3.8) is 0 Å². The number of hydrogen-bond donors (Lipinski definition) is 1. The molecule has 0 aliphatic carbocycles. The maximum absolute atomic E-state index is 11.9. The minimum atomic E-state index is -0.756. The minimum Gasteiger partial charge on any atom is -0.321 e. The number of hydrogen-bond acceptors (Lipinski definition) is 4. The first-order chi connectivity index (χ1) is 9.45. The van der Waals surface area contributed by atoms with Gasteiger partial charge in [-0.25, -0.2) is 4.79 Å². The van der Waals surface area contributed by atoms with Crippen LogP contribution in [0, 0.1) is 10.1 Å². The molecule has 0 radical (unpaired) electrons. The van der Waals surface area contributed by atoms with Crippen LogP contribution in [0.1, 0.15) is 11.6 Å². The van der Waals surface area contributed by atoms with Crippen LogP contribution in [-0.4, -0.2) is 29.2 Å². The highest BCUT2D eigenvalue weighted by Crippen LogP contribution is 2.35. The Labute approximate surface area is 128 Å². The molecule has 20 heavy (non-hydrogen) atoms. The lowest BCUT2D eigenvalue weighted by Gasteiger charge is -2.29. The van der Waals surface area contributed by atoms with E-state index in [0.717, 1.165) is 4.47 Å². The molecule has 2 amide bonds. The van der Waals surface area contributed by atoms with E-state index in [9.17, 15) is 14.9 Å². The lowest BCUT2D eigenvalue weighted by Crippen LogP contribution is -2.45. The fourth-order valence-electron chi connectivity index (χ4n) is 2.03. The normalized spacial score (nSPS) is 19.1. The van der Waals surface area contributed by atoms with Crippen LogP contribution < -0.4 is 5.32 Å². The molecule has 1 aromatic rings. The number of amides is 2. The summed E-state index contributed by atoms with van der Waals surface area (Å²) in [5, 5.41) is 14.4. The van der Waals surface area contributed by atoms with Gasteiger partial charge in [-0.05, 0) is 24.0 Å². The number of urea groups is 1. The number of nitro groups is 1. The van der Waals surface area contributed by atoms with Crippen molar-refractivity contribution in [2.24, 2.45) is 0 Å². The monoisotopic (exact) mass is 357 g/mol. The summed E-state index contributed by atoms with van der Waals surface area (Å²) in [4.78, 5) is 24.1. The van der Waals surface area contributed by atoms with Gasteiger partial charge in [0.15, 0.2) is 5.03 Å². The Bertz CT molecular complexity index is 605. The number of nitrogens with one attached hydrogen (secondary N) is 1. The molecule has 0 fully saturated rings. The third kappa shape index (κ3) is 2.66. The molecule has 0 aromatic heterocycles. The van der Waals surface area contributed by atoms with Crippen molar-refractivity contribution >= 4 is 33.7 Å². The number of nitrogens with zero attached hydrogens (tertiary/aromatic N) is 2. The first kappa shape index (κ1) is 14.9. The zero-order chi connectivity index (χ0) is 14.9. The van der Waals surface area contributed by atoms with E-state index in [0.29, 0.717) is 10.6 Å². The summed E-state index contributed by atoms with van der Waals surface area (Å²) in [5.74, 6) is 0. The molecule has 1 aromatic carbocycles. The molecule has 0 spiro atoms. The SMILES string of the molecule is CSC1=C([N+](=O)[O-])C(c2cccc(Br)c2)NC(=O)N1C. The van der Waals surface area contributed by atoms with E-state index < -0.39 is 11.0 Å². The number of carbonyl (C=O) groups is 1. The van der Waals surface area contributed by atoms with Crippen molar-refractivity contribution in [2.45, 2.75) is 6.04 Å². The van der Waals surface area contributed by atoms with E-state index in [1.54, 1.807) is 24.5 Å². The number of rotatable bonds is 3. The van der Waals surface area contributed by atoms with Gasteiger partial charge in [-0.15, -0.1) is 11.8 Å². The molecule has 0 bridgehead atoms. The third-order valence-corrected chi connectivity index (χ3v) is 4.30. The summed E-state index contributed by atoms with van der Waals surface area (Å²) in [6.07, 6.45) is 1.71. The Morgan fingerprint density at radius 1 is 1.50 bits per heavy atom. The van der Waals surface area contributed by atoms with Gasteiger partial charge in [0.25, 0.3) is 0 Å². The fraction of sp³-hybridized carbons (Fsp3) is 0.250. The van der Waals surface area contributed by atoms with Crippen LogP contribution in [0.4, 0.5) is 4.79 Å².